The summed E-state index contributed by atoms with van der Waals surface area (Å²) in [5, 5.41) is 10.0. The minimum atomic E-state index is -0.336. The third kappa shape index (κ3) is 3.98. The Morgan fingerprint density at radius 1 is 1.22 bits per heavy atom. The molecule has 1 aliphatic rings. The minimum Gasteiger partial charge on any atom is -0.329 e. The number of carbonyl (C=O) groups is 2. The summed E-state index contributed by atoms with van der Waals surface area (Å²) in [4.78, 5) is 28.4. The van der Waals surface area contributed by atoms with Gasteiger partial charge >= 0.3 is 6.03 Å². The fraction of sp³-hybridized carbons (Fsp3) is 0.200. The van der Waals surface area contributed by atoms with E-state index < -0.39 is 0 Å². The van der Waals surface area contributed by atoms with Crippen LogP contribution in [0.3, 0.4) is 0 Å². The van der Waals surface area contributed by atoms with Gasteiger partial charge in [-0.1, -0.05) is 48.2 Å². The second-order valence-electron chi connectivity index (χ2n) is 4.80. The molecule has 0 aliphatic carbocycles. The molecule has 1 saturated heterocycles. The summed E-state index contributed by atoms with van der Waals surface area (Å²) >= 11 is 1.39. The molecule has 2 N–H and O–H groups in total. The molecule has 8 heteroatoms. The number of imide groups is 1. The fourth-order valence-corrected chi connectivity index (χ4v) is 2.78. The van der Waals surface area contributed by atoms with Crippen LogP contribution in [0, 0.1) is 0 Å². The van der Waals surface area contributed by atoms with E-state index in [-0.39, 0.29) is 18.5 Å². The van der Waals surface area contributed by atoms with Crippen LogP contribution < -0.4 is 5.32 Å². The van der Waals surface area contributed by atoms with Gasteiger partial charge in [-0.25, -0.2) is 9.78 Å². The van der Waals surface area contributed by atoms with Gasteiger partial charge in [0.25, 0.3) is 0 Å². The predicted molar refractivity (Wildman–Crippen MR) is 87.6 cm³/mol. The first-order chi connectivity index (χ1) is 11.2. The Balaban J connectivity index is 1.50. The lowest BCUT2D eigenvalue weighted by atomic mass is 10.2. The Bertz CT molecular complexity index is 712. The van der Waals surface area contributed by atoms with E-state index in [9.17, 15) is 9.59 Å². The summed E-state index contributed by atoms with van der Waals surface area (Å²) in [7, 11) is 0. The number of aromatic nitrogens is 3. The second-order valence-corrected chi connectivity index (χ2v) is 5.86. The Morgan fingerprint density at radius 2 is 2.04 bits per heavy atom. The number of rotatable bonds is 6. The van der Waals surface area contributed by atoms with Gasteiger partial charge in [0.2, 0.25) is 11.1 Å². The highest BCUT2D eigenvalue weighted by atomic mass is 32.2. The van der Waals surface area contributed by atoms with Gasteiger partial charge in [-0.2, -0.15) is 0 Å². The molecule has 3 amide bonds. The smallest absolute Gasteiger partial charge is 0.324 e. The zero-order chi connectivity index (χ0) is 16.1. The zero-order valence-electron chi connectivity index (χ0n) is 12.2. The molecular weight excluding hydrogens is 314 g/mol. The van der Waals surface area contributed by atoms with Gasteiger partial charge in [0.1, 0.15) is 5.82 Å². The van der Waals surface area contributed by atoms with Crippen molar-refractivity contribution >= 4 is 35.9 Å². The van der Waals surface area contributed by atoms with Crippen LogP contribution >= 0.6 is 11.8 Å². The summed E-state index contributed by atoms with van der Waals surface area (Å²) in [5.74, 6) is 1.02. The fourth-order valence-electron chi connectivity index (χ4n) is 2.05. The third-order valence-electron chi connectivity index (χ3n) is 3.20. The summed E-state index contributed by atoms with van der Waals surface area (Å²) in [6.45, 7) is 0.428. The average molecular weight is 329 g/mol. The maximum atomic E-state index is 11.4. The summed E-state index contributed by atoms with van der Waals surface area (Å²) in [6.07, 6.45) is 3.80. The standard InChI is InChI=1S/C15H15N5O2S/c21-13-10-16-15(22)20(13)8-9-23-14-17-12(18-19-14)7-6-11-4-2-1-3-5-11/h1-7H,8-10H2,(H,16,22)(H,17,18,19)/b7-6+. The highest BCUT2D eigenvalue weighted by molar-refractivity contribution is 7.99. The molecule has 0 bridgehead atoms. The van der Waals surface area contributed by atoms with E-state index in [1.807, 2.05) is 42.5 Å². The van der Waals surface area contributed by atoms with E-state index in [1.54, 1.807) is 0 Å². The van der Waals surface area contributed by atoms with Crippen LogP contribution in [-0.4, -0.2) is 50.9 Å². The predicted octanol–water partition coefficient (Wildman–Crippen LogP) is 1.62. The van der Waals surface area contributed by atoms with E-state index in [2.05, 4.69) is 20.5 Å². The Morgan fingerprint density at radius 3 is 2.78 bits per heavy atom. The van der Waals surface area contributed by atoms with E-state index in [4.69, 9.17) is 0 Å². The van der Waals surface area contributed by atoms with Crippen molar-refractivity contribution in [1.82, 2.24) is 25.4 Å². The van der Waals surface area contributed by atoms with Gasteiger partial charge in [-0.05, 0) is 11.6 Å². The molecule has 1 fully saturated rings. The molecule has 1 aromatic heterocycles. The number of hydrogen-bond donors (Lipinski definition) is 2. The van der Waals surface area contributed by atoms with Crippen LogP contribution in [-0.2, 0) is 4.79 Å². The van der Waals surface area contributed by atoms with Crippen molar-refractivity contribution in [3.63, 3.8) is 0 Å². The monoisotopic (exact) mass is 329 g/mol. The normalized spacial score (nSPS) is 14.7. The van der Waals surface area contributed by atoms with Crippen LogP contribution in [0.1, 0.15) is 11.4 Å². The van der Waals surface area contributed by atoms with Crippen LogP contribution in [0.5, 0.6) is 0 Å². The lowest BCUT2D eigenvalue weighted by molar-refractivity contribution is -0.124. The molecule has 0 unspecified atom stereocenters. The molecule has 0 saturated carbocycles. The number of nitrogens with one attached hydrogen (secondary N) is 2. The molecule has 0 atom stereocenters. The van der Waals surface area contributed by atoms with Crippen molar-refractivity contribution < 1.29 is 9.59 Å². The zero-order valence-corrected chi connectivity index (χ0v) is 13.0. The lowest BCUT2D eigenvalue weighted by Crippen LogP contribution is -2.32. The number of hydrogen-bond acceptors (Lipinski definition) is 5. The summed E-state index contributed by atoms with van der Waals surface area (Å²) in [6, 6.07) is 9.57. The number of H-pyrrole nitrogens is 1. The highest BCUT2D eigenvalue weighted by Crippen LogP contribution is 2.14. The molecule has 118 valence electrons. The van der Waals surface area contributed by atoms with Crippen LogP contribution in [0.15, 0.2) is 35.5 Å². The molecule has 1 aliphatic heterocycles. The molecule has 2 aromatic rings. The average Bonchev–Trinajstić information content (AvgIpc) is 3.15. The first-order valence-corrected chi connectivity index (χ1v) is 8.07. The van der Waals surface area contributed by atoms with E-state index in [0.717, 1.165) is 5.56 Å². The Labute approximate surface area is 137 Å². The van der Waals surface area contributed by atoms with Gasteiger partial charge in [-0.3, -0.25) is 14.8 Å². The number of thioether (sulfide) groups is 1. The largest absolute Gasteiger partial charge is 0.329 e. The van der Waals surface area contributed by atoms with Crippen molar-refractivity contribution in [2.45, 2.75) is 5.16 Å². The number of urea groups is 1. The molecule has 0 radical (unpaired) electrons. The number of nitrogens with zero attached hydrogens (tertiary/aromatic N) is 3. The van der Waals surface area contributed by atoms with E-state index in [0.29, 0.717) is 23.3 Å². The Kier molecular flexibility index (Phi) is 4.72. The van der Waals surface area contributed by atoms with Crippen LogP contribution in [0.2, 0.25) is 0 Å². The van der Waals surface area contributed by atoms with Crippen LogP contribution in [0.25, 0.3) is 12.2 Å². The van der Waals surface area contributed by atoms with Gasteiger partial charge < -0.3 is 5.32 Å². The molecule has 7 nitrogen and oxygen atoms in total. The highest BCUT2D eigenvalue weighted by Gasteiger charge is 2.27. The SMILES string of the molecule is O=C1CNC(=O)N1CCSc1n[nH]c(/C=C/c2ccccc2)n1. The first-order valence-electron chi connectivity index (χ1n) is 7.09. The third-order valence-corrected chi connectivity index (χ3v) is 4.03. The quantitative estimate of drug-likeness (QED) is 0.621. The topological polar surface area (TPSA) is 91.0 Å². The van der Waals surface area contributed by atoms with Gasteiger partial charge in [0.15, 0.2) is 0 Å². The Hall–Kier alpha value is -2.61. The van der Waals surface area contributed by atoms with E-state index in [1.165, 1.54) is 16.7 Å². The second kappa shape index (κ2) is 7.10. The van der Waals surface area contributed by atoms with Crippen molar-refractivity contribution in [2.24, 2.45) is 0 Å². The molecule has 2 heterocycles. The molecule has 1 aromatic carbocycles. The van der Waals surface area contributed by atoms with E-state index >= 15 is 0 Å². The number of carbonyl (C=O) groups excluding carboxylic acids is 2. The van der Waals surface area contributed by atoms with Crippen molar-refractivity contribution in [3.8, 4) is 0 Å². The summed E-state index contributed by atoms with van der Waals surface area (Å²) < 4.78 is 0. The lowest BCUT2D eigenvalue weighted by Gasteiger charge is -2.10. The molecular formula is C15H15N5O2S. The number of aromatic amines is 1. The van der Waals surface area contributed by atoms with Crippen LogP contribution in [0.4, 0.5) is 4.79 Å². The number of amides is 3. The number of benzene rings is 1. The van der Waals surface area contributed by atoms with Gasteiger partial charge in [-0.15, -0.1) is 5.10 Å². The molecule has 23 heavy (non-hydrogen) atoms. The molecule has 0 spiro atoms. The summed E-state index contributed by atoms with van der Waals surface area (Å²) in [5.41, 5.74) is 1.08. The van der Waals surface area contributed by atoms with Crippen molar-refractivity contribution in [3.05, 3.63) is 41.7 Å². The van der Waals surface area contributed by atoms with Crippen molar-refractivity contribution in [2.75, 3.05) is 18.8 Å². The maximum absolute atomic E-state index is 11.4. The molecule has 3 rings (SSSR count). The first kappa shape index (κ1) is 15.3. The van der Waals surface area contributed by atoms with Crippen molar-refractivity contribution in [1.29, 1.82) is 0 Å². The van der Waals surface area contributed by atoms with Gasteiger partial charge in [0.05, 0.1) is 6.54 Å². The van der Waals surface area contributed by atoms with Gasteiger partial charge in [0, 0.05) is 12.3 Å². The minimum absolute atomic E-state index is 0.0819. The maximum Gasteiger partial charge on any atom is 0.324 e.